The molecule has 4 nitrogen and oxygen atoms in total. The molecule has 1 aromatic heterocycles. The predicted molar refractivity (Wildman–Crippen MR) is 61.3 cm³/mol. The Bertz CT molecular complexity index is 306. The fraction of sp³-hybridized carbons (Fsp3) is 0.444. The first-order valence-corrected chi connectivity index (χ1v) is 5.25. The van der Waals surface area contributed by atoms with Crippen molar-refractivity contribution in [2.45, 2.75) is 6.92 Å². The number of aliphatic hydroxyl groups excluding tert-OH is 1. The van der Waals surface area contributed by atoms with Gasteiger partial charge in [0.1, 0.15) is 5.82 Å². The largest absolute Gasteiger partial charge is 0.397 e. The summed E-state index contributed by atoms with van der Waals surface area (Å²) in [4.78, 5) is 6.19. The van der Waals surface area contributed by atoms with Gasteiger partial charge in [-0.1, -0.05) is 0 Å². The maximum Gasteiger partial charge on any atom is 0.143 e. The molecule has 1 heterocycles. The van der Waals surface area contributed by atoms with E-state index in [0.29, 0.717) is 12.2 Å². The molecule has 0 saturated heterocycles. The normalized spacial score (nSPS) is 10.2. The number of halogens is 1. The summed E-state index contributed by atoms with van der Waals surface area (Å²) in [5.74, 6) is 0.816. The lowest BCUT2D eigenvalue weighted by Crippen LogP contribution is -2.27. The van der Waals surface area contributed by atoms with E-state index in [4.69, 9.17) is 10.8 Å². The van der Waals surface area contributed by atoms with Crippen molar-refractivity contribution in [3.05, 3.63) is 16.7 Å². The maximum atomic E-state index is 8.87. The van der Waals surface area contributed by atoms with Crippen LogP contribution in [0.15, 0.2) is 16.7 Å². The third kappa shape index (κ3) is 2.59. The summed E-state index contributed by atoms with van der Waals surface area (Å²) in [6.07, 6.45) is 1.61. The number of hydrogen-bond donors (Lipinski definition) is 2. The molecule has 78 valence electrons. The van der Waals surface area contributed by atoms with Crippen LogP contribution >= 0.6 is 15.9 Å². The first-order valence-electron chi connectivity index (χ1n) is 4.45. The molecule has 0 atom stereocenters. The highest BCUT2D eigenvalue weighted by molar-refractivity contribution is 9.10. The van der Waals surface area contributed by atoms with Crippen LogP contribution in [-0.2, 0) is 0 Å². The Balaban J connectivity index is 2.92. The van der Waals surface area contributed by atoms with Gasteiger partial charge >= 0.3 is 0 Å². The number of aliphatic hydroxyl groups is 1. The van der Waals surface area contributed by atoms with Crippen LogP contribution in [0.2, 0.25) is 0 Å². The number of nitrogens with two attached hydrogens (primary N) is 1. The van der Waals surface area contributed by atoms with E-state index in [9.17, 15) is 0 Å². The molecule has 0 bridgehead atoms. The number of nitrogens with zero attached hydrogens (tertiary/aromatic N) is 2. The Kier molecular flexibility index (Phi) is 4.16. The van der Waals surface area contributed by atoms with E-state index >= 15 is 0 Å². The average Bonchev–Trinajstić information content (AvgIpc) is 2.15. The summed E-state index contributed by atoms with van der Waals surface area (Å²) < 4.78 is 0.854. The van der Waals surface area contributed by atoms with Crippen LogP contribution in [0, 0.1) is 0 Å². The van der Waals surface area contributed by atoms with Gasteiger partial charge in [-0.25, -0.2) is 4.98 Å². The maximum absolute atomic E-state index is 8.87. The molecule has 0 aromatic carbocycles. The molecule has 1 rings (SSSR count). The number of pyridine rings is 1. The Morgan fingerprint density at radius 2 is 2.36 bits per heavy atom. The van der Waals surface area contributed by atoms with Gasteiger partial charge in [0.25, 0.3) is 0 Å². The molecule has 5 heteroatoms. The lowest BCUT2D eigenvalue weighted by molar-refractivity contribution is 0.302. The fourth-order valence-corrected chi connectivity index (χ4v) is 1.83. The van der Waals surface area contributed by atoms with Crippen LogP contribution in [-0.4, -0.2) is 29.8 Å². The van der Waals surface area contributed by atoms with E-state index in [2.05, 4.69) is 20.9 Å². The van der Waals surface area contributed by atoms with Crippen LogP contribution in [0.5, 0.6) is 0 Å². The van der Waals surface area contributed by atoms with Crippen molar-refractivity contribution in [1.29, 1.82) is 0 Å². The summed E-state index contributed by atoms with van der Waals surface area (Å²) in [6.45, 7) is 3.51. The van der Waals surface area contributed by atoms with E-state index in [0.717, 1.165) is 16.8 Å². The first kappa shape index (κ1) is 11.3. The van der Waals surface area contributed by atoms with Crippen molar-refractivity contribution in [3.8, 4) is 0 Å². The van der Waals surface area contributed by atoms with E-state index < -0.39 is 0 Å². The molecule has 0 unspecified atom stereocenters. The number of anilines is 2. The van der Waals surface area contributed by atoms with Gasteiger partial charge < -0.3 is 15.7 Å². The van der Waals surface area contributed by atoms with E-state index in [1.807, 2.05) is 17.9 Å². The molecular weight excluding hydrogens is 246 g/mol. The Hall–Kier alpha value is -0.810. The van der Waals surface area contributed by atoms with Gasteiger partial charge in [-0.15, -0.1) is 0 Å². The van der Waals surface area contributed by atoms with Gasteiger partial charge in [0.15, 0.2) is 0 Å². The second-order valence-electron chi connectivity index (χ2n) is 2.88. The van der Waals surface area contributed by atoms with Crippen LogP contribution in [0.25, 0.3) is 0 Å². The Morgan fingerprint density at radius 3 is 2.86 bits per heavy atom. The quantitative estimate of drug-likeness (QED) is 0.855. The monoisotopic (exact) mass is 259 g/mol. The molecule has 0 saturated carbocycles. The Labute approximate surface area is 91.9 Å². The average molecular weight is 260 g/mol. The molecule has 0 fully saturated rings. The number of nitrogen functional groups attached to an aromatic ring is 1. The van der Waals surface area contributed by atoms with Gasteiger partial charge in [-0.05, 0) is 28.9 Å². The van der Waals surface area contributed by atoms with Gasteiger partial charge in [0, 0.05) is 13.1 Å². The highest BCUT2D eigenvalue weighted by Gasteiger charge is 2.09. The number of hydrogen-bond acceptors (Lipinski definition) is 4. The highest BCUT2D eigenvalue weighted by Crippen LogP contribution is 2.24. The topological polar surface area (TPSA) is 62.4 Å². The predicted octanol–water partition coefficient (Wildman–Crippen LogP) is 1.24. The van der Waals surface area contributed by atoms with Crippen LogP contribution < -0.4 is 10.6 Å². The van der Waals surface area contributed by atoms with Gasteiger partial charge in [-0.2, -0.15) is 0 Å². The zero-order valence-electron chi connectivity index (χ0n) is 8.07. The molecule has 0 radical (unpaired) electrons. The van der Waals surface area contributed by atoms with E-state index in [-0.39, 0.29) is 6.61 Å². The summed E-state index contributed by atoms with van der Waals surface area (Å²) in [5.41, 5.74) is 6.21. The van der Waals surface area contributed by atoms with E-state index in [1.54, 1.807) is 6.20 Å². The molecular formula is C9H14BrN3O. The minimum atomic E-state index is 0.117. The lowest BCUT2D eigenvalue weighted by atomic mass is 10.4. The summed E-state index contributed by atoms with van der Waals surface area (Å²) in [6, 6.07) is 1.81. The Morgan fingerprint density at radius 1 is 1.64 bits per heavy atom. The minimum Gasteiger partial charge on any atom is -0.397 e. The third-order valence-corrected chi connectivity index (χ3v) is 2.48. The zero-order chi connectivity index (χ0) is 10.6. The van der Waals surface area contributed by atoms with E-state index in [1.165, 1.54) is 0 Å². The van der Waals surface area contributed by atoms with Gasteiger partial charge in [0.05, 0.1) is 23.0 Å². The molecule has 1 aromatic rings. The second-order valence-corrected chi connectivity index (χ2v) is 3.73. The molecule has 14 heavy (non-hydrogen) atoms. The van der Waals surface area contributed by atoms with Crippen molar-refractivity contribution in [2.24, 2.45) is 0 Å². The van der Waals surface area contributed by atoms with Crippen molar-refractivity contribution in [2.75, 3.05) is 30.3 Å². The van der Waals surface area contributed by atoms with Crippen LogP contribution in [0.3, 0.4) is 0 Å². The number of likely N-dealkylation sites (N-methyl/N-ethyl adjacent to an activating group) is 1. The SMILES string of the molecule is CCN(CCO)c1ncc(N)cc1Br. The second kappa shape index (κ2) is 5.17. The van der Waals surface area contributed by atoms with Gasteiger partial charge in [0.2, 0.25) is 0 Å². The molecule has 0 aliphatic carbocycles. The third-order valence-electron chi connectivity index (χ3n) is 1.89. The minimum absolute atomic E-state index is 0.117. The molecule has 0 amide bonds. The molecule has 0 aliphatic heterocycles. The van der Waals surface area contributed by atoms with Crippen molar-refractivity contribution in [1.82, 2.24) is 4.98 Å². The van der Waals surface area contributed by atoms with Crippen LogP contribution in [0.1, 0.15) is 6.92 Å². The summed E-state index contributed by atoms with van der Waals surface area (Å²) in [5, 5.41) is 8.87. The lowest BCUT2D eigenvalue weighted by Gasteiger charge is -2.21. The van der Waals surface area contributed by atoms with Crippen LogP contribution in [0.4, 0.5) is 11.5 Å². The zero-order valence-corrected chi connectivity index (χ0v) is 9.66. The molecule has 3 N–H and O–H groups in total. The number of rotatable bonds is 4. The first-order chi connectivity index (χ1) is 6.69. The van der Waals surface area contributed by atoms with Crippen molar-refractivity contribution in [3.63, 3.8) is 0 Å². The summed E-state index contributed by atoms with van der Waals surface area (Å²) >= 11 is 3.39. The van der Waals surface area contributed by atoms with Crippen molar-refractivity contribution < 1.29 is 5.11 Å². The smallest absolute Gasteiger partial charge is 0.143 e. The summed E-state index contributed by atoms with van der Waals surface area (Å²) in [7, 11) is 0. The molecule has 0 aliphatic rings. The standard InChI is InChI=1S/C9H14BrN3O/c1-2-13(3-4-14)9-8(10)5-7(11)6-12-9/h5-6,14H,2-4,11H2,1H3. The van der Waals surface area contributed by atoms with Crippen molar-refractivity contribution >= 4 is 27.4 Å². The fourth-order valence-electron chi connectivity index (χ4n) is 1.21. The highest BCUT2D eigenvalue weighted by atomic mass is 79.9. The molecule has 0 spiro atoms. The number of aromatic nitrogens is 1. The van der Waals surface area contributed by atoms with Gasteiger partial charge in [-0.3, -0.25) is 0 Å².